The SMILES string of the molecule is CC1(COc2cccc3ccc(-c4nnc5ccc([C@@H](N6CC[C@H](NC(=O)[O-])C6)C(F)(F)F)cn45)nc23)COC1. The molecular weight excluding hydrogens is 529 g/mol. The molecule has 210 valence electrons. The van der Waals surface area contributed by atoms with Crippen LogP contribution in [0.15, 0.2) is 48.7 Å². The highest BCUT2D eigenvalue weighted by Gasteiger charge is 2.47. The summed E-state index contributed by atoms with van der Waals surface area (Å²) in [6.07, 6.45) is -4.49. The lowest BCUT2D eigenvalue weighted by atomic mass is 9.90. The summed E-state index contributed by atoms with van der Waals surface area (Å²) >= 11 is 0. The largest absolute Gasteiger partial charge is 0.530 e. The molecule has 10 nitrogen and oxygen atoms in total. The average Bonchev–Trinajstić information content (AvgIpc) is 3.51. The summed E-state index contributed by atoms with van der Waals surface area (Å²) in [5.74, 6) is 0.875. The minimum Gasteiger partial charge on any atom is -0.530 e. The number of hydrogen-bond acceptors (Lipinski definition) is 8. The Morgan fingerprint density at radius 3 is 2.77 bits per heavy atom. The number of pyridine rings is 2. The first-order valence-electron chi connectivity index (χ1n) is 12.8. The molecule has 0 radical (unpaired) electrons. The van der Waals surface area contributed by atoms with Crippen molar-refractivity contribution < 1.29 is 32.5 Å². The molecule has 2 aliphatic rings. The number of carbonyl (C=O) groups is 1. The number of benzene rings is 1. The molecule has 2 atom stereocenters. The molecule has 1 aromatic carbocycles. The molecule has 2 fully saturated rings. The first kappa shape index (κ1) is 26.3. The summed E-state index contributed by atoms with van der Waals surface area (Å²) in [4.78, 5) is 16.9. The van der Waals surface area contributed by atoms with Gasteiger partial charge in [-0.05, 0) is 30.2 Å². The minimum absolute atomic E-state index is 0.0177. The van der Waals surface area contributed by atoms with Crippen molar-refractivity contribution >= 4 is 22.6 Å². The molecule has 13 heteroatoms. The third-order valence-corrected chi connectivity index (χ3v) is 7.35. The van der Waals surface area contributed by atoms with Crippen LogP contribution in [0, 0.1) is 5.41 Å². The van der Waals surface area contributed by atoms with Crippen molar-refractivity contribution in [1.29, 1.82) is 0 Å². The smallest absolute Gasteiger partial charge is 0.408 e. The second-order valence-corrected chi connectivity index (χ2v) is 10.7. The Labute approximate surface area is 226 Å². The second kappa shape index (κ2) is 9.89. The number of para-hydroxylation sites is 1. The van der Waals surface area contributed by atoms with Gasteiger partial charge in [-0.3, -0.25) is 9.30 Å². The highest BCUT2D eigenvalue weighted by molar-refractivity contribution is 5.86. The molecule has 2 aliphatic heterocycles. The molecule has 1 amide bonds. The number of aromatic nitrogens is 4. The Morgan fingerprint density at radius 1 is 1.23 bits per heavy atom. The topological polar surface area (TPSA) is 117 Å². The van der Waals surface area contributed by atoms with Gasteiger partial charge in [-0.2, -0.15) is 13.2 Å². The summed E-state index contributed by atoms with van der Waals surface area (Å²) < 4.78 is 55.9. The number of ether oxygens (including phenoxy) is 2. The number of carbonyl (C=O) groups excluding carboxylic acids is 1. The fourth-order valence-corrected chi connectivity index (χ4v) is 5.30. The van der Waals surface area contributed by atoms with Crippen molar-refractivity contribution in [2.75, 3.05) is 32.9 Å². The zero-order valence-corrected chi connectivity index (χ0v) is 21.5. The molecule has 0 saturated carbocycles. The molecule has 0 spiro atoms. The highest BCUT2D eigenvalue weighted by Crippen LogP contribution is 2.40. The highest BCUT2D eigenvalue weighted by atomic mass is 19.4. The molecule has 0 unspecified atom stereocenters. The summed E-state index contributed by atoms with van der Waals surface area (Å²) in [6.45, 7) is 3.76. The average molecular weight is 556 g/mol. The van der Waals surface area contributed by atoms with Gasteiger partial charge in [0.15, 0.2) is 11.5 Å². The first-order chi connectivity index (χ1) is 19.1. The Balaban J connectivity index is 1.34. The van der Waals surface area contributed by atoms with E-state index in [1.165, 1.54) is 27.6 Å². The Kier molecular flexibility index (Phi) is 6.50. The van der Waals surface area contributed by atoms with Gasteiger partial charge in [0.25, 0.3) is 0 Å². The van der Waals surface area contributed by atoms with Crippen LogP contribution in [0.3, 0.4) is 0 Å². The van der Waals surface area contributed by atoms with Crippen LogP contribution < -0.4 is 15.2 Å². The van der Waals surface area contributed by atoms with E-state index in [9.17, 15) is 23.1 Å². The van der Waals surface area contributed by atoms with Crippen molar-refractivity contribution in [3.8, 4) is 17.3 Å². The third-order valence-electron chi connectivity index (χ3n) is 7.35. The molecule has 4 aromatic rings. The molecule has 0 aliphatic carbocycles. The number of halogens is 3. The molecular formula is C27H26F3N6O4-. The number of nitrogens with zero attached hydrogens (tertiary/aromatic N) is 5. The number of nitrogens with one attached hydrogen (secondary N) is 1. The Bertz CT molecular complexity index is 1570. The molecule has 2 saturated heterocycles. The number of alkyl halides is 3. The zero-order valence-electron chi connectivity index (χ0n) is 21.5. The van der Waals surface area contributed by atoms with Gasteiger partial charge in [-0.25, -0.2) is 4.98 Å². The maximum absolute atomic E-state index is 14.3. The fourth-order valence-electron chi connectivity index (χ4n) is 5.30. The van der Waals surface area contributed by atoms with E-state index in [4.69, 9.17) is 14.5 Å². The lowest BCUT2D eigenvalue weighted by Gasteiger charge is -2.37. The summed E-state index contributed by atoms with van der Waals surface area (Å²) in [6, 6.07) is 9.48. The van der Waals surface area contributed by atoms with Crippen LogP contribution in [-0.4, -0.2) is 75.7 Å². The van der Waals surface area contributed by atoms with Crippen molar-refractivity contribution in [1.82, 2.24) is 29.8 Å². The Morgan fingerprint density at radius 2 is 2.05 bits per heavy atom. The van der Waals surface area contributed by atoms with E-state index < -0.39 is 24.4 Å². The number of likely N-dealkylation sites (tertiary alicyclic amines) is 1. The predicted octanol–water partition coefficient (Wildman–Crippen LogP) is 2.97. The van der Waals surface area contributed by atoms with Gasteiger partial charge in [0.1, 0.15) is 29.1 Å². The zero-order chi connectivity index (χ0) is 28.1. The number of fused-ring (bicyclic) bond motifs is 2. The fraction of sp³-hybridized carbons (Fsp3) is 0.407. The molecule has 40 heavy (non-hydrogen) atoms. The van der Waals surface area contributed by atoms with Crippen LogP contribution in [-0.2, 0) is 4.74 Å². The lowest BCUT2D eigenvalue weighted by molar-refractivity contribution is -0.251. The standard InChI is InChI=1S/C27H27F3N6O4/c1-26(13-39-14-26)15-40-20-4-2-3-16-5-7-19(32-22(16)20)24-34-33-21-8-6-17(11-36(21)24)23(27(28,29)30)35-10-9-18(12-35)31-25(37)38/h2-8,11,18,23,31H,9-10,12-15H2,1H3,(H,37,38)/p-1/t18-,23+/m0/s1. The van der Waals surface area contributed by atoms with Crippen LogP contribution in [0.4, 0.5) is 18.0 Å². The van der Waals surface area contributed by atoms with Gasteiger partial charge >= 0.3 is 6.18 Å². The second-order valence-electron chi connectivity index (χ2n) is 10.7. The van der Waals surface area contributed by atoms with E-state index in [1.807, 2.05) is 24.3 Å². The molecule has 0 bridgehead atoms. The van der Waals surface area contributed by atoms with Crippen molar-refractivity contribution in [3.63, 3.8) is 0 Å². The van der Waals surface area contributed by atoms with Crippen molar-refractivity contribution in [2.45, 2.75) is 31.6 Å². The van der Waals surface area contributed by atoms with Crippen LogP contribution in [0.1, 0.15) is 24.9 Å². The van der Waals surface area contributed by atoms with E-state index in [2.05, 4.69) is 22.4 Å². The van der Waals surface area contributed by atoms with Crippen LogP contribution in [0.25, 0.3) is 28.1 Å². The predicted molar refractivity (Wildman–Crippen MR) is 135 cm³/mol. The summed E-state index contributed by atoms with van der Waals surface area (Å²) in [5.41, 5.74) is 1.31. The lowest BCUT2D eigenvalue weighted by Crippen LogP contribution is -2.45. The van der Waals surface area contributed by atoms with Crippen molar-refractivity contribution in [2.24, 2.45) is 5.41 Å². The third kappa shape index (κ3) is 5.02. The van der Waals surface area contributed by atoms with E-state index in [0.717, 1.165) is 5.39 Å². The van der Waals surface area contributed by atoms with Gasteiger partial charge in [-0.15, -0.1) is 10.2 Å². The van der Waals surface area contributed by atoms with Crippen LogP contribution >= 0.6 is 0 Å². The molecule has 1 N–H and O–H groups in total. The van der Waals surface area contributed by atoms with Gasteiger partial charge in [-0.1, -0.05) is 31.2 Å². The normalized spacial score (nSPS) is 19.9. The molecule has 5 heterocycles. The maximum Gasteiger partial charge on any atom is 0.408 e. The van der Waals surface area contributed by atoms with Crippen molar-refractivity contribution in [3.05, 3.63) is 54.2 Å². The summed E-state index contributed by atoms with van der Waals surface area (Å²) in [7, 11) is 0. The molecule has 3 aromatic heterocycles. The number of amides is 1. The molecule has 6 rings (SSSR count). The maximum atomic E-state index is 14.3. The first-order valence-corrected chi connectivity index (χ1v) is 12.8. The number of rotatable bonds is 7. The van der Waals surface area contributed by atoms with Gasteiger partial charge in [0.2, 0.25) is 0 Å². The van der Waals surface area contributed by atoms with E-state index >= 15 is 0 Å². The van der Waals surface area contributed by atoms with E-state index in [0.29, 0.717) is 42.4 Å². The van der Waals surface area contributed by atoms with Gasteiger partial charge < -0.3 is 24.7 Å². The minimum atomic E-state index is -4.60. The van der Waals surface area contributed by atoms with Crippen LogP contribution in [0.2, 0.25) is 0 Å². The van der Waals surface area contributed by atoms with Crippen LogP contribution in [0.5, 0.6) is 5.75 Å². The summed E-state index contributed by atoms with van der Waals surface area (Å²) in [5, 5.41) is 22.3. The monoisotopic (exact) mass is 555 g/mol. The van der Waals surface area contributed by atoms with Gasteiger partial charge in [0.05, 0.1) is 19.8 Å². The Hall–Kier alpha value is -3.97. The quantitative estimate of drug-likeness (QED) is 0.370. The van der Waals surface area contributed by atoms with Gasteiger partial charge in [0, 0.05) is 36.1 Å². The van der Waals surface area contributed by atoms with E-state index in [1.54, 1.807) is 6.07 Å². The number of hydrogen-bond donors (Lipinski definition) is 1. The van der Waals surface area contributed by atoms with E-state index in [-0.39, 0.29) is 36.3 Å². The number of carboxylic acid groups (broad SMARTS) is 1.